The van der Waals surface area contributed by atoms with Gasteiger partial charge in [0.1, 0.15) is 5.75 Å². The summed E-state index contributed by atoms with van der Waals surface area (Å²) in [6.45, 7) is 4.03. The van der Waals surface area contributed by atoms with Crippen molar-refractivity contribution >= 4 is 5.97 Å². The van der Waals surface area contributed by atoms with Gasteiger partial charge in [-0.1, -0.05) is 30.3 Å². The summed E-state index contributed by atoms with van der Waals surface area (Å²) in [5, 5.41) is 0. The average molecular weight is 448 g/mol. The highest BCUT2D eigenvalue weighted by molar-refractivity contribution is 5.87. The first-order valence-corrected chi connectivity index (χ1v) is 10.4. The van der Waals surface area contributed by atoms with Gasteiger partial charge >= 0.3 is 12.1 Å². The molecule has 0 N–H and O–H groups in total. The van der Waals surface area contributed by atoms with Gasteiger partial charge in [-0.3, -0.25) is 0 Å². The topological polar surface area (TPSA) is 44.8 Å². The summed E-state index contributed by atoms with van der Waals surface area (Å²) >= 11 is 0. The van der Waals surface area contributed by atoms with E-state index < -0.39 is 11.7 Å². The van der Waals surface area contributed by atoms with E-state index in [-0.39, 0.29) is 30.5 Å². The van der Waals surface area contributed by atoms with Gasteiger partial charge in [-0.2, -0.15) is 13.2 Å². The van der Waals surface area contributed by atoms with Crippen molar-refractivity contribution in [2.75, 3.05) is 20.3 Å². The molecule has 4 nitrogen and oxygen atoms in total. The molecule has 1 aliphatic heterocycles. The zero-order valence-corrected chi connectivity index (χ0v) is 18.3. The molecule has 1 fully saturated rings. The summed E-state index contributed by atoms with van der Waals surface area (Å²) in [5.74, 6) is 0.178. The third kappa shape index (κ3) is 5.71. The molecule has 32 heavy (non-hydrogen) atoms. The number of carbonyl (C=O) groups excluding carboxylic acids is 1. The fourth-order valence-electron chi connectivity index (χ4n) is 3.83. The maximum atomic E-state index is 12.9. The van der Waals surface area contributed by atoms with Crippen LogP contribution in [0.1, 0.15) is 36.6 Å². The van der Waals surface area contributed by atoms with Crippen LogP contribution >= 0.6 is 0 Å². The van der Waals surface area contributed by atoms with E-state index in [1.165, 1.54) is 12.1 Å². The number of rotatable bonds is 7. The van der Waals surface area contributed by atoms with Crippen LogP contribution in [-0.4, -0.2) is 26.3 Å². The second-order valence-electron chi connectivity index (χ2n) is 7.92. The summed E-state index contributed by atoms with van der Waals surface area (Å²) in [6.07, 6.45) is -2.45. The largest absolute Gasteiger partial charge is 0.497 e. The van der Waals surface area contributed by atoms with Crippen molar-refractivity contribution in [2.45, 2.75) is 32.5 Å². The molecule has 0 unspecified atom stereocenters. The Morgan fingerprint density at radius 3 is 2.34 bits per heavy atom. The number of allylic oxidation sites excluding steroid dienone is 1. The van der Waals surface area contributed by atoms with Crippen molar-refractivity contribution in [2.24, 2.45) is 11.8 Å². The first-order valence-electron chi connectivity index (χ1n) is 10.4. The van der Waals surface area contributed by atoms with Gasteiger partial charge in [0.05, 0.1) is 32.0 Å². The van der Waals surface area contributed by atoms with E-state index in [4.69, 9.17) is 14.2 Å². The minimum atomic E-state index is -4.37. The van der Waals surface area contributed by atoms with E-state index in [0.29, 0.717) is 18.6 Å². The molecule has 172 valence electrons. The van der Waals surface area contributed by atoms with Gasteiger partial charge in [0.2, 0.25) is 0 Å². The standard InChI is InChI=1S/C25H27F3O4/c1-4-16(2)24(29)32-15-22-19(13-17-5-9-20(10-6-17)25(26,27)28)14-31-23(22)18-7-11-21(30-3)12-8-18/h4-12,19,22-23H,13-15H2,1-3H3/b16-4-/t19-,22-,23+/m0/s1. The van der Waals surface area contributed by atoms with E-state index in [0.717, 1.165) is 29.0 Å². The zero-order chi connectivity index (χ0) is 23.3. The number of ether oxygens (including phenoxy) is 3. The maximum Gasteiger partial charge on any atom is 0.416 e. The third-order valence-electron chi connectivity index (χ3n) is 5.87. The molecule has 3 atom stereocenters. The lowest BCUT2D eigenvalue weighted by atomic mass is 9.84. The number of benzene rings is 2. The van der Waals surface area contributed by atoms with Crippen LogP contribution in [0.4, 0.5) is 13.2 Å². The second kappa shape index (κ2) is 10.2. The van der Waals surface area contributed by atoms with Gasteiger partial charge in [-0.05, 0) is 61.6 Å². The number of methoxy groups -OCH3 is 1. The number of carbonyl (C=O) groups is 1. The second-order valence-corrected chi connectivity index (χ2v) is 7.92. The van der Waals surface area contributed by atoms with Crippen molar-refractivity contribution in [3.05, 3.63) is 76.9 Å². The summed E-state index contributed by atoms with van der Waals surface area (Å²) < 4.78 is 55.4. The molecule has 0 bridgehead atoms. The molecule has 1 aliphatic rings. The van der Waals surface area contributed by atoms with Crippen molar-refractivity contribution < 1.29 is 32.2 Å². The molecule has 0 aliphatic carbocycles. The Hall–Kier alpha value is -2.80. The molecule has 2 aromatic carbocycles. The average Bonchev–Trinajstić information content (AvgIpc) is 3.18. The van der Waals surface area contributed by atoms with Crippen LogP contribution < -0.4 is 4.74 Å². The van der Waals surface area contributed by atoms with Crippen molar-refractivity contribution in [1.29, 1.82) is 0 Å². The number of hydrogen-bond donors (Lipinski definition) is 0. The van der Waals surface area contributed by atoms with E-state index in [9.17, 15) is 18.0 Å². The van der Waals surface area contributed by atoms with E-state index >= 15 is 0 Å². The van der Waals surface area contributed by atoms with Crippen molar-refractivity contribution in [1.82, 2.24) is 0 Å². The summed E-state index contributed by atoms with van der Waals surface area (Å²) in [4.78, 5) is 12.2. The predicted molar refractivity (Wildman–Crippen MR) is 114 cm³/mol. The molecule has 0 saturated carbocycles. The number of hydrogen-bond acceptors (Lipinski definition) is 4. The summed E-state index contributed by atoms with van der Waals surface area (Å²) in [5.41, 5.74) is 1.56. The Bertz CT molecular complexity index is 933. The van der Waals surface area contributed by atoms with E-state index in [1.807, 2.05) is 24.3 Å². The minimum absolute atomic E-state index is 0.0162. The van der Waals surface area contributed by atoms with Crippen molar-refractivity contribution in [3.63, 3.8) is 0 Å². The summed E-state index contributed by atoms with van der Waals surface area (Å²) in [6, 6.07) is 12.7. The molecule has 3 rings (SSSR count). The Morgan fingerprint density at radius 1 is 1.12 bits per heavy atom. The molecule has 1 saturated heterocycles. The zero-order valence-electron chi connectivity index (χ0n) is 18.3. The SMILES string of the molecule is C/C=C(/C)C(=O)OC[C@H]1[C@@H](Cc2ccc(C(F)(F)F)cc2)CO[C@@H]1c1ccc(OC)cc1. The van der Waals surface area contributed by atoms with Crippen LogP contribution in [0.3, 0.4) is 0 Å². The predicted octanol–water partition coefficient (Wildman–Crippen LogP) is 5.77. The van der Waals surface area contributed by atoms with Crippen LogP contribution in [0.2, 0.25) is 0 Å². The van der Waals surface area contributed by atoms with Crippen LogP contribution in [0.5, 0.6) is 5.75 Å². The quantitative estimate of drug-likeness (QED) is 0.399. The molecule has 0 amide bonds. The van der Waals surface area contributed by atoms with Crippen LogP contribution in [-0.2, 0) is 26.9 Å². The molecule has 0 spiro atoms. The Balaban J connectivity index is 1.79. The monoisotopic (exact) mass is 448 g/mol. The van der Waals surface area contributed by atoms with Gasteiger partial charge in [0, 0.05) is 11.5 Å². The lowest BCUT2D eigenvalue weighted by Gasteiger charge is -2.23. The van der Waals surface area contributed by atoms with E-state index in [1.54, 1.807) is 27.0 Å². The highest BCUT2D eigenvalue weighted by Crippen LogP contribution is 2.41. The van der Waals surface area contributed by atoms with Crippen LogP contribution in [0, 0.1) is 11.8 Å². The van der Waals surface area contributed by atoms with Gasteiger partial charge in [0.25, 0.3) is 0 Å². The highest BCUT2D eigenvalue weighted by Gasteiger charge is 2.39. The Kier molecular flexibility index (Phi) is 7.61. The summed E-state index contributed by atoms with van der Waals surface area (Å²) in [7, 11) is 1.59. The number of alkyl halides is 3. The van der Waals surface area contributed by atoms with Gasteiger partial charge < -0.3 is 14.2 Å². The lowest BCUT2D eigenvalue weighted by molar-refractivity contribution is -0.141. The number of halogens is 3. The Morgan fingerprint density at radius 2 is 1.78 bits per heavy atom. The molecule has 1 heterocycles. The maximum absolute atomic E-state index is 12.9. The lowest BCUT2D eigenvalue weighted by Crippen LogP contribution is -2.24. The van der Waals surface area contributed by atoms with Gasteiger partial charge in [-0.25, -0.2) is 4.79 Å². The van der Waals surface area contributed by atoms with Gasteiger partial charge in [-0.15, -0.1) is 0 Å². The Labute approximate surface area is 186 Å². The molecular weight excluding hydrogens is 421 g/mol. The highest BCUT2D eigenvalue weighted by atomic mass is 19.4. The number of esters is 1. The smallest absolute Gasteiger partial charge is 0.416 e. The minimum Gasteiger partial charge on any atom is -0.497 e. The molecule has 7 heteroatoms. The molecule has 2 aromatic rings. The van der Waals surface area contributed by atoms with Crippen LogP contribution in [0.25, 0.3) is 0 Å². The molecule has 0 radical (unpaired) electrons. The fourth-order valence-corrected chi connectivity index (χ4v) is 3.83. The van der Waals surface area contributed by atoms with E-state index in [2.05, 4.69) is 0 Å². The molecular formula is C25H27F3O4. The first-order chi connectivity index (χ1) is 15.2. The van der Waals surface area contributed by atoms with Crippen molar-refractivity contribution in [3.8, 4) is 5.75 Å². The first kappa shape index (κ1) is 23.9. The fraction of sp³-hybridized carbons (Fsp3) is 0.400. The van der Waals surface area contributed by atoms with Gasteiger partial charge in [0.15, 0.2) is 0 Å². The van der Waals surface area contributed by atoms with Crippen LogP contribution in [0.15, 0.2) is 60.2 Å². The third-order valence-corrected chi connectivity index (χ3v) is 5.87. The molecule has 0 aromatic heterocycles. The normalized spacial score (nSPS) is 21.4.